The minimum absolute atomic E-state index is 0. The summed E-state index contributed by atoms with van der Waals surface area (Å²) in [5.41, 5.74) is 5.78. The van der Waals surface area contributed by atoms with Crippen LogP contribution in [0.4, 0.5) is 0 Å². The van der Waals surface area contributed by atoms with Crippen LogP contribution in [-0.2, 0) is 0 Å². The van der Waals surface area contributed by atoms with Gasteiger partial charge in [0.2, 0.25) is 0 Å². The summed E-state index contributed by atoms with van der Waals surface area (Å²) in [7, 11) is 0. The Morgan fingerprint density at radius 1 is 1.50 bits per heavy atom. The minimum Gasteiger partial charge on any atom is -0.330 e. The molecule has 0 heterocycles. The van der Waals surface area contributed by atoms with Gasteiger partial charge in [0, 0.05) is 12.0 Å². The number of halogens is 1. The van der Waals surface area contributed by atoms with Crippen LogP contribution in [0.25, 0.3) is 0 Å². The van der Waals surface area contributed by atoms with Crippen molar-refractivity contribution in [2.45, 2.75) is 13.3 Å². The van der Waals surface area contributed by atoms with Crippen LogP contribution in [0, 0.1) is 5.41 Å². The minimum atomic E-state index is 0. The molecule has 0 radical (unpaired) electrons. The van der Waals surface area contributed by atoms with Crippen LogP contribution in [0.2, 0.25) is 0 Å². The molecule has 1 aliphatic rings. The summed E-state index contributed by atoms with van der Waals surface area (Å²) < 4.78 is 0. The SMILES string of the molecule is Br.CC1(CN)C=CC=CC1. The van der Waals surface area contributed by atoms with Gasteiger partial charge in [0.25, 0.3) is 0 Å². The van der Waals surface area contributed by atoms with Crippen molar-refractivity contribution in [1.29, 1.82) is 0 Å². The molecule has 0 saturated carbocycles. The molecular formula is C8H14BrN. The van der Waals surface area contributed by atoms with Gasteiger partial charge in [-0.25, -0.2) is 0 Å². The fraction of sp³-hybridized carbons (Fsp3) is 0.500. The average Bonchev–Trinajstić information content (AvgIpc) is 1.90. The molecule has 2 heteroatoms. The highest BCUT2D eigenvalue weighted by molar-refractivity contribution is 8.93. The maximum atomic E-state index is 5.55. The van der Waals surface area contributed by atoms with E-state index in [4.69, 9.17) is 5.73 Å². The topological polar surface area (TPSA) is 26.0 Å². The molecule has 0 aromatic carbocycles. The first-order chi connectivity index (χ1) is 4.27. The first-order valence-corrected chi connectivity index (χ1v) is 3.31. The van der Waals surface area contributed by atoms with Crippen molar-refractivity contribution in [1.82, 2.24) is 0 Å². The van der Waals surface area contributed by atoms with Gasteiger partial charge in [-0.1, -0.05) is 31.2 Å². The largest absolute Gasteiger partial charge is 0.330 e. The molecule has 10 heavy (non-hydrogen) atoms. The van der Waals surface area contributed by atoms with E-state index in [9.17, 15) is 0 Å². The first kappa shape index (κ1) is 9.92. The molecule has 0 aliphatic heterocycles. The van der Waals surface area contributed by atoms with Crippen LogP contribution in [0.1, 0.15) is 13.3 Å². The highest BCUT2D eigenvalue weighted by atomic mass is 79.9. The molecule has 58 valence electrons. The zero-order valence-electron chi connectivity index (χ0n) is 6.21. The summed E-state index contributed by atoms with van der Waals surface area (Å²) in [6.45, 7) is 2.92. The summed E-state index contributed by atoms with van der Waals surface area (Å²) in [4.78, 5) is 0. The van der Waals surface area contributed by atoms with Crippen LogP contribution in [0.5, 0.6) is 0 Å². The fourth-order valence-corrected chi connectivity index (χ4v) is 0.923. The van der Waals surface area contributed by atoms with Crippen LogP contribution >= 0.6 is 17.0 Å². The smallest absolute Gasteiger partial charge is 0.00146 e. The molecule has 1 aliphatic carbocycles. The van der Waals surface area contributed by atoms with Crippen molar-refractivity contribution in [3.8, 4) is 0 Å². The lowest BCUT2D eigenvalue weighted by Gasteiger charge is -2.23. The number of nitrogens with two attached hydrogens (primary N) is 1. The molecule has 0 amide bonds. The Bertz CT molecular complexity index is 151. The Hall–Kier alpha value is -0.0800. The predicted molar refractivity (Wildman–Crippen MR) is 50.4 cm³/mol. The predicted octanol–water partition coefficient (Wildman–Crippen LogP) is 2.05. The highest BCUT2D eigenvalue weighted by Gasteiger charge is 2.17. The van der Waals surface area contributed by atoms with E-state index in [1.165, 1.54) is 0 Å². The van der Waals surface area contributed by atoms with Crippen LogP contribution < -0.4 is 5.73 Å². The van der Waals surface area contributed by atoms with E-state index in [0.717, 1.165) is 13.0 Å². The van der Waals surface area contributed by atoms with Crippen LogP contribution in [0.15, 0.2) is 24.3 Å². The van der Waals surface area contributed by atoms with Gasteiger partial charge in [0.05, 0.1) is 0 Å². The summed E-state index contributed by atoms with van der Waals surface area (Å²) in [6.07, 6.45) is 9.55. The summed E-state index contributed by atoms with van der Waals surface area (Å²) in [5.74, 6) is 0. The number of hydrogen-bond acceptors (Lipinski definition) is 1. The van der Waals surface area contributed by atoms with Gasteiger partial charge in [-0.2, -0.15) is 0 Å². The second kappa shape index (κ2) is 3.94. The van der Waals surface area contributed by atoms with E-state index >= 15 is 0 Å². The van der Waals surface area contributed by atoms with Gasteiger partial charge < -0.3 is 5.73 Å². The number of allylic oxidation sites excluding steroid dienone is 3. The monoisotopic (exact) mass is 203 g/mol. The molecule has 0 saturated heterocycles. The maximum Gasteiger partial charge on any atom is 0.00146 e. The number of hydrogen-bond donors (Lipinski definition) is 1. The lowest BCUT2D eigenvalue weighted by atomic mass is 9.84. The van der Waals surface area contributed by atoms with Crippen molar-refractivity contribution in [3.63, 3.8) is 0 Å². The fourth-order valence-electron chi connectivity index (χ4n) is 0.923. The summed E-state index contributed by atoms with van der Waals surface area (Å²) in [5, 5.41) is 0. The van der Waals surface area contributed by atoms with Crippen molar-refractivity contribution >= 4 is 17.0 Å². The molecule has 0 fully saturated rings. The molecule has 1 nitrogen and oxygen atoms in total. The Kier molecular flexibility index (Phi) is 3.91. The van der Waals surface area contributed by atoms with Crippen molar-refractivity contribution in [2.24, 2.45) is 11.1 Å². The Labute approximate surface area is 72.8 Å². The van der Waals surface area contributed by atoms with Gasteiger partial charge in [0.15, 0.2) is 0 Å². The molecule has 1 unspecified atom stereocenters. The Morgan fingerprint density at radius 2 is 2.20 bits per heavy atom. The second-order valence-electron chi connectivity index (χ2n) is 2.85. The van der Waals surface area contributed by atoms with Gasteiger partial charge in [0.1, 0.15) is 0 Å². The highest BCUT2D eigenvalue weighted by Crippen LogP contribution is 2.24. The van der Waals surface area contributed by atoms with Gasteiger partial charge >= 0.3 is 0 Å². The first-order valence-electron chi connectivity index (χ1n) is 3.31. The van der Waals surface area contributed by atoms with Crippen molar-refractivity contribution in [2.75, 3.05) is 6.54 Å². The molecule has 1 rings (SSSR count). The van der Waals surface area contributed by atoms with Crippen LogP contribution in [0.3, 0.4) is 0 Å². The van der Waals surface area contributed by atoms with E-state index in [-0.39, 0.29) is 22.4 Å². The lowest BCUT2D eigenvalue weighted by molar-refractivity contribution is 0.443. The van der Waals surface area contributed by atoms with E-state index in [1.807, 2.05) is 0 Å². The zero-order chi connectivity index (χ0) is 6.74. The third-order valence-corrected chi connectivity index (χ3v) is 1.80. The molecule has 0 aromatic heterocycles. The Balaban J connectivity index is 0.000000810. The van der Waals surface area contributed by atoms with E-state index in [2.05, 4.69) is 31.2 Å². The average molecular weight is 204 g/mol. The normalized spacial score (nSPS) is 29.8. The van der Waals surface area contributed by atoms with Gasteiger partial charge in [-0.15, -0.1) is 17.0 Å². The molecule has 1 atom stereocenters. The van der Waals surface area contributed by atoms with E-state index in [0.29, 0.717) is 0 Å². The van der Waals surface area contributed by atoms with E-state index < -0.39 is 0 Å². The van der Waals surface area contributed by atoms with Crippen molar-refractivity contribution in [3.05, 3.63) is 24.3 Å². The molecule has 0 spiro atoms. The maximum absolute atomic E-state index is 5.55. The van der Waals surface area contributed by atoms with Gasteiger partial charge in [-0.05, 0) is 6.42 Å². The molecule has 0 aromatic rings. The van der Waals surface area contributed by atoms with Crippen molar-refractivity contribution < 1.29 is 0 Å². The van der Waals surface area contributed by atoms with Crippen LogP contribution in [-0.4, -0.2) is 6.54 Å². The molecular weight excluding hydrogens is 190 g/mol. The molecule has 0 bridgehead atoms. The molecule has 2 N–H and O–H groups in total. The number of rotatable bonds is 1. The third-order valence-electron chi connectivity index (χ3n) is 1.80. The standard InChI is InChI=1S/C8H13N.BrH/c1-8(7-9)5-3-2-4-6-8;/h2-5H,6-7,9H2,1H3;1H. The summed E-state index contributed by atoms with van der Waals surface area (Å²) in [6, 6.07) is 0. The Morgan fingerprint density at radius 3 is 2.50 bits per heavy atom. The van der Waals surface area contributed by atoms with E-state index in [1.54, 1.807) is 0 Å². The second-order valence-corrected chi connectivity index (χ2v) is 2.85. The summed E-state index contributed by atoms with van der Waals surface area (Å²) >= 11 is 0. The lowest BCUT2D eigenvalue weighted by Crippen LogP contribution is -2.24. The quantitative estimate of drug-likeness (QED) is 0.694. The third kappa shape index (κ3) is 2.27. The zero-order valence-corrected chi connectivity index (χ0v) is 7.92. The van der Waals surface area contributed by atoms with Gasteiger partial charge in [-0.3, -0.25) is 0 Å².